The molecule has 0 N–H and O–H groups in total. The van der Waals surface area contributed by atoms with Crippen molar-refractivity contribution in [1.29, 1.82) is 0 Å². The first-order valence-electron chi connectivity index (χ1n) is 10.5. The quantitative estimate of drug-likeness (QED) is 0.806. The molecule has 0 spiro atoms. The fourth-order valence-electron chi connectivity index (χ4n) is 4.62. The van der Waals surface area contributed by atoms with Crippen molar-refractivity contribution in [2.45, 2.75) is 46.0 Å². The summed E-state index contributed by atoms with van der Waals surface area (Å²) in [6.45, 7) is 6.88. The zero-order valence-electron chi connectivity index (χ0n) is 16.8. The van der Waals surface area contributed by atoms with Crippen molar-refractivity contribution in [2.75, 3.05) is 36.0 Å². The number of carbonyl (C=O) groups excluding carboxylic acids is 3. The monoisotopic (exact) mass is 383 g/mol. The molecular formula is C22H29N3O3. The predicted molar refractivity (Wildman–Crippen MR) is 108 cm³/mol. The van der Waals surface area contributed by atoms with E-state index in [2.05, 4.69) is 6.92 Å². The molecule has 4 rings (SSSR count). The summed E-state index contributed by atoms with van der Waals surface area (Å²) >= 11 is 0. The Balaban J connectivity index is 1.46. The van der Waals surface area contributed by atoms with Crippen molar-refractivity contribution >= 4 is 29.1 Å². The first kappa shape index (κ1) is 19.0. The summed E-state index contributed by atoms with van der Waals surface area (Å²) < 4.78 is 0. The molecule has 6 heteroatoms. The smallest absolute Gasteiger partial charge is 0.228 e. The number of piperidine rings is 1. The predicted octanol–water partition coefficient (Wildman–Crippen LogP) is 2.60. The van der Waals surface area contributed by atoms with Crippen LogP contribution in [0.1, 0.15) is 45.1 Å². The molecule has 1 aromatic carbocycles. The number of rotatable bonds is 3. The first-order chi connectivity index (χ1) is 13.5. The van der Waals surface area contributed by atoms with Gasteiger partial charge in [0.05, 0.1) is 5.92 Å². The lowest BCUT2D eigenvalue weighted by Crippen LogP contribution is -2.42. The van der Waals surface area contributed by atoms with Crippen molar-refractivity contribution in [1.82, 2.24) is 4.90 Å². The lowest BCUT2D eigenvalue weighted by Gasteiger charge is -2.32. The van der Waals surface area contributed by atoms with Gasteiger partial charge in [0.2, 0.25) is 17.7 Å². The minimum Gasteiger partial charge on any atom is -0.342 e. The molecule has 0 unspecified atom stereocenters. The molecule has 1 atom stereocenters. The number of likely N-dealkylation sites (tertiary alicyclic amines) is 1. The van der Waals surface area contributed by atoms with E-state index in [1.807, 2.05) is 34.9 Å². The molecule has 0 aromatic heterocycles. The van der Waals surface area contributed by atoms with E-state index in [-0.39, 0.29) is 23.6 Å². The minimum atomic E-state index is -0.243. The van der Waals surface area contributed by atoms with Crippen LogP contribution < -0.4 is 9.80 Å². The highest BCUT2D eigenvalue weighted by Crippen LogP contribution is 2.34. The van der Waals surface area contributed by atoms with Gasteiger partial charge in [0.15, 0.2) is 0 Å². The van der Waals surface area contributed by atoms with Gasteiger partial charge in [-0.2, -0.15) is 0 Å². The molecule has 0 aliphatic carbocycles. The van der Waals surface area contributed by atoms with E-state index >= 15 is 0 Å². The lowest BCUT2D eigenvalue weighted by molar-refractivity contribution is -0.137. The maximum absolute atomic E-state index is 12.9. The van der Waals surface area contributed by atoms with E-state index in [9.17, 15) is 14.4 Å². The van der Waals surface area contributed by atoms with Crippen molar-refractivity contribution in [2.24, 2.45) is 11.8 Å². The molecule has 2 fully saturated rings. The maximum Gasteiger partial charge on any atom is 0.228 e. The Morgan fingerprint density at radius 2 is 1.89 bits per heavy atom. The van der Waals surface area contributed by atoms with Gasteiger partial charge in [0.25, 0.3) is 0 Å². The van der Waals surface area contributed by atoms with Crippen molar-refractivity contribution in [3.05, 3.63) is 23.8 Å². The van der Waals surface area contributed by atoms with Gasteiger partial charge in [-0.05, 0) is 48.9 Å². The van der Waals surface area contributed by atoms with Gasteiger partial charge in [-0.1, -0.05) is 13.8 Å². The largest absolute Gasteiger partial charge is 0.342 e. The average Bonchev–Trinajstić information content (AvgIpc) is 3.30. The summed E-state index contributed by atoms with van der Waals surface area (Å²) in [6, 6.07) is 5.87. The Labute approximate surface area is 166 Å². The van der Waals surface area contributed by atoms with Gasteiger partial charge in [-0.25, -0.2) is 0 Å². The molecule has 0 saturated carbocycles. The van der Waals surface area contributed by atoms with Crippen molar-refractivity contribution < 1.29 is 14.4 Å². The fraction of sp³-hybridized carbons (Fsp3) is 0.591. The number of nitrogens with zero attached hydrogens (tertiary/aromatic N) is 3. The Bertz CT molecular complexity index is 798. The Hall–Kier alpha value is -2.37. The third-order valence-electron chi connectivity index (χ3n) is 6.44. The summed E-state index contributed by atoms with van der Waals surface area (Å²) in [5, 5.41) is 0. The van der Waals surface area contributed by atoms with E-state index in [4.69, 9.17) is 0 Å². The van der Waals surface area contributed by atoms with Crippen LogP contribution in [-0.4, -0.2) is 48.8 Å². The van der Waals surface area contributed by atoms with Gasteiger partial charge >= 0.3 is 0 Å². The second kappa shape index (κ2) is 7.57. The molecule has 3 aliphatic heterocycles. The topological polar surface area (TPSA) is 60.9 Å². The average molecular weight is 383 g/mol. The second-order valence-electron chi connectivity index (χ2n) is 8.38. The number of carbonyl (C=O) groups is 3. The molecule has 6 nitrogen and oxygen atoms in total. The molecule has 0 radical (unpaired) electrons. The highest BCUT2D eigenvalue weighted by molar-refractivity contribution is 6.01. The Morgan fingerprint density at radius 3 is 2.61 bits per heavy atom. The van der Waals surface area contributed by atoms with Crippen molar-refractivity contribution in [3.8, 4) is 0 Å². The maximum atomic E-state index is 12.9. The van der Waals surface area contributed by atoms with Gasteiger partial charge in [-0.15, -0.1) is 0 Å². The zero-order chi connectivity index (χ0) is 19.8. The van der Waals surface area contributed by atoms with E-state index in [0.29, 0.717) is 31.8 Å². The van der Waals surface area contributed by atoms with Gasteiger partial charge in [0.1, 0.15) is 0 Å². The van der Waals surface area contributed by atoms with Gasteiger partial charge < -0.3 is 14.7 Å². The normalized spacial score (nSPS) is 22.7. The van der Waals surface area contributed by atoms with Crippen molar-refractivity contribution in [3.63, 3.8) is 0 Å². The molecule has 28 heavy (non-hydrogen) atoms. The summed E-state index contributed by atoms with van der Waals surface area (Å²) in [7, 11) is 0. The third-order valence-corrected chi connectivity index (χ3v) is 6.44. The van der Waals surface area contributed by atoms with E-state index in [1.165, 1.54) is 0 Å². The Morgan fingerprint density at radius 1 is 1.14 bits per heavy atom. The molecule has 0 bridgehead atoms. The standard InChI is InChI=1S/C22H29N3O3/c1-3-20(26)24-11-8-16-12-18(4-5-19(16)24)25-14-17(13-21(25)27)22(28)23-9-6-15(2)7-10-23/h4-5,12,15,17H,3,6-11,13-14H2,1-2H3/t17-/m0/s1. The van der Waals surface area contributed by atoms with Crippen LogP contribution in [0.2, 0.25) is 0 Å². The number of fused-ring (bicyclic) bond motifs is 1. The fourth-order valence-corrected chi connectivity index (χ4v) is 4.62. The zero-order valence-corrected chi connectivity index (χ0v) is 16.8. The molecule has 1 aromatic rings. The van der Waals surface area contributed by atoms with Crippen LogP contribution in [0.25, 0.3) is 0 Å². The van der Waals surface area contributed by atoms with Crippen LogP contribution in [0, 0.1) is 11.8 Å². The molecule has 3 aliphatic rings. The molecular weight excluding hydrogens is 354 g/mol. The van der Waals surface area contributed by atoms with E-state index in [1.54, 1.807) is 4.90 Å². The lowest BCUT2D eigenvalue weighted by atomic mass is 9.97. The number of hydrogen-bond acceptors (Lipinski definition) is 3. The molecule has 150 valence electrons. The minimum absolute atomic E-state index is 0.0168. The number of hydrogen-bond donors (Lipinski definition) is 0. The SMILES string of the molecule is CCC(=O)N1CCc2cc(N3C[C@@H](C(=O)N4CCC(C)CC4)CC3=O)ccc21. The van der Waals surface area contributed by atoms with Crippen LogP contribution in [0.4, 0.5) is 11.4 Å². The molecule has 3 amide bonds. The third kappa shape index (κ3) is 3.40. The van der Waals surface area contributed by atoms with Crippen LogP contribution in [0.5, 0.6) is 0 Å². The summed E-state index contributed by atoms with van der Waals surface area (Å²) in [5.74, 6) is 0.709. The summed E-state index contributed by atoms with van der Waals surface area (Å²) in [5.41, 5.74) is 2.90. The Kier molecular flexibility index (Phi) is 5.13. The van der Waals surface area contributed by atoms with Crippen LogP contribution in [-0.2, 0) is 20.8 Å². The van der Waals surface area contributed by atoms with Gasteiger partial charge in [0, 0.05) is 50.4 Å². The highest BCUT2D eigenvalue weighted by Gasteiger charge is 2.38. The second-order valence-corrected chi connectivity index (χ2v) is 8.38. The van der Waals surface area contributed by atoms with Crippen LogP contribution >= 0.6 is 0 Å². The number of anilines is 2. The van der Waals surface area contributed by atoms with Gasteiger partial charge in [-0.3, -0.25) is 14.4 Å². The molecule has 2 saturated heterocycles. The first-order valence-corrected chi connectivity index (χ1v) is 10.5. The van der Waals surface area contributed by atoms with E-state index < -0.39 is 0 Å². The molecule has 3 heterocycles. The summed E-state index contributed by atoms with van der Waals surface area (Å²) in [4.78, 5) is 43.1. The number of benzene rings is 1. The van der Waals surface area contributed by atoms with E-state index in [0.717, 1.165) is 49.3 Å². The summed E-state index contributed by atoms with van der Waals surface area (Å²) in [6.07, 6.45) is 3.69. The van der Waals surface area contributed by atoms with Crippen LogP contribution in [0.15, 0.2) is 18.2 Å². The number of amides is 3. The highest BCUT2D eigenvalue weighted by atomic mass is 16.2. The van der Waals surface area contributed by atoms with Crippen LogP contribution in [0.3, 0.4) is 0 Å².